The van der Waals surface area contributed by atoms with Crippen LogP contribution in [-0.4, -0.2) is 32.8 Å². The third kappa shape index (κ3) is 4.22. The van der Waals surface area contributed by atoms with E-state index in [1.807, 2.05) is 0 Å². The summed E-state index contributed by atoms with van der Waals surface area (Å²) in [6, 6.07) is 9.46. The molecule has 0 saturated carbocycles. The Morgan fingerprint density at radius 3 is 2.95 bits per heavy atom. The molecule has 20 heavy (non-hydrogen) atoms. The second-order valence-corrected chi connectivity index (χ2v) is 5.69. The van der Waals surface area contributed by atoms with Crippen LogP contribution in [-0.2, 0) is 11.3 Å². The van der Waals surface area contributed by atoms with E-state index in [9.17, 15) is 0 Å². The second kappa shape index (κ2) is 8.28. The largest absolute Gasteiger partial charge is 0.383 e. The zero-order valence-corrected chi connectivity index (χ0v) is 12.9. The van der Waals surface area contributed by atoms with Gasteiger partial charge in [-0.25, -0.2) is 0 Å². The first kappa shape index (κ1) is 15.3. The maximum atomic E-state index is 5.09. The van der Waals surface area contributed by atoms with Crippen LogP contribution in [0.2, 0.25) is 0 Å². The van der Waals surface area contributed by atoms with Crippen molar-refractivity contribution in [1.29, 1.82) is 0 Å². The number of methoxy groups -OCH3 is 1. The average molecular weight is 276 g/mol. The van der Waals surface area contributed by atoms with Gasteiger partial charge in [-0.15, -0.1) is 0 Å². The van der Waals surface area contributed by atoms with Crippen LogP contribution in [0.5, 0.6) is 0 Å². The van der Waals surface area contributed by atoms with Crippen LogP contribution in [0, 0.1) is 0 Å². The highest BCUT2D eigenvalue weighted by molar-refractivity contribution is 5.54. The van der Waals surface area contributed by atoms with Gasteiger partial charge in [-0.05, 0) is 31.4 Å². The summed E-state index contributed by atoms with van der Waals surface area (Å²) in [4.78, 5) is 2.60. The van der Waals surface area contributed by atoms with Crippen molar-refractivity contribution in [3.05, 3.63) is 29.8 Å². The first-order valence-electron chi connectivity index (χ1n) is 7.87. The summed E-state index contributed by atoms with van der Waals surface area (Å²) < 4.78 is 5.09. The maximum Gasteiger partial charge on any atom is 0.0587 e. The van der Waals surface area contributed by atoms with E-state index in [1.165, 1.54) is 43.5 Å². The van der Waals surface area contributed by atoms with E-state index in [1.54, 1.807) is 7.11 Å². The van der Waals surface area contributed by atoms with E-state index in [2.05, 4.69) is 41.4 Å². The summed E-state index contributed by atoms with van der Waals surface area (Å²) in [5, 5.41) is 3.46. The van der Waals surface area contributed by atoms with Crippen molar-refractivity contribution in [3.8, 4) is 0 Å². The Bertz CT molecular complexity index is 394. The van der Waals surface area contributed by atoms with Crippen LogP contribution in [0.4, 0.5) is 5.69 Å². The SMILES string of the molecule is COCCNCc1ccccc1N1CCCCCC1C. The van der Waals surface area contributed by atoms with Gasteiger partial charge < -0.3 is 15.0 Å². The summed E-state index contributed by atoms with van der Waals surface area (Å²) in [6.45, 7) is 6.14. The molecule has 3 nitrogen and oxygen atoms in total. The van der Waals surface area contributed by atoms with Crippen molar-refractivity contribution < 1.29 is 4.74 Å². The molecule has 1 aliphatic heterocycles. The molecule has 1 atom stereocenters. The number of hydrogen-bond acceptors (Lipinski definition) is 3. The maximum absolute atomic E-state index is 5.09. The molecule has 1 N–H and O–H groups in total. The number of nitrogens with one attached hydrogen (secondary N) is 1. The third-order valence-corrected chi connectivity index (χ3v) is 4.15. The monoisotopic (exact) mass is 276 g/mol. The number of rotatable bonds is 6. The van der Waals surface area contributed by atoms with Crippen LogP contribution < -0.4 is 10.2 Å². The van der Waals surface area contributed by atoms with E-state index >= 15 is 0 Å². The summed E-state index contributed by atoms with van der Waals surface area (Å²) in [5.74, 6) is 0. The van der Waals surface area contributed by atoms with Crippen LogP contribution in [0.1, 0.15) is 38.2 Å². The minimum Gasteiger partial charge on any atom is -0.383 e. The molecule has 1 aromatic rings. The fourth-order valence-electron chi connectivity index (χ4n) is 2.97. The molecule has 1 heterocycles. The van der Waals surface area contributed by atoms with E-state index in [-0.39, 0.29) is 0 Å². The van der Waals surface area contributed by atoms with Gasteiger partial charge in [0, 0.05) is 38.5 Å². The molecule has 0 spiro atoms. The van der Waals surface area contributed by atoms with Crippen molar-refractivity contribution in [2.45, 2.75) is 45.2 Å². The predicted molar refractivity (Wildman–Crippen MR) is 85.3 cm³/mol. The molecule has 0 radical (unpaired) electrons. The Labute approximate surface area is 123 Å². The molecule has 1 fully saturated rings. The molecule has 112 valence electrons. The number of hydrogen-bond donors (Lipinski definition) is 1. The number of nitrogens with zero attached hydrogens (tertiary/aromatic N) is 1. The Morgan fingerprint density at radius 1 is 1.25 bits per heavy atom. The fraction of sp³-hybridized carbons (Fsp3) is 0.647. The van der Waals surface area contributed by atoms with Crippen molar-refractivity contribution in [2.75, 3.05) is 31.7 Å². The lowest BCUT2D eigenvalue weighted by Crippen LogP contribution is -2.33. The van der Waals surface area contributed by atoms with Crippen LogP contribution in [0.25, 0.3) is 0 Å². The minimum atomic E-state index is 0.651. The van der Waals surface area contributed by atoms with Gasteiger partial charge in [-0.1, -0.05) is 31.0 Å². The molecule has 1 aliphatic rings. The summed E-state index contributed by atoms with van der Waals surface area (Å²) in [5.41, 5.74) is 2.81. The van der Waals surface area contributed by atoms with Gasteiger partial charge in [0.15, 0.2) is 0 Å². The van der Waals surface area contributed by atoms with Gasteiger partial charge in [0.25, 0.3) is 0 Å². The van der Waals surface area contributed by atoms with Crippen LogP contribution in [0.3, 0.4) is 0 Å². The molecule has 0 amide bonds. The van der Waals surface area contributed by atoms with E-state index in [0.29, 0.717) is 6.04 Å². The van der Waals surface area contributed by atoms with Gasteiger partial charge in [-0.3, -0.25) is 0 Å². The Morgan fingerprint density at radius 2 is 2.10 bits per heavy atom. The Hall–Kier alpha value is -1.06. The number of para-hydroxylation sites is 1. The van der Waals surface area contributed by atoms with Crippen molar-refractivity contribution in [1.82, 2.24) is 5.32 Å². The normalized spacial score (nSPS) is 19.9. The first-order chi connectivity index (χ1) is 9.83. The molecule has 3 heteroatoms. The molecule has 1 saturated heterocycles. The smallest absolute Gasteiger partial charge is 0.0587 e. The lowest BCUT2D eigenvalue weighted by molar-refractivity contribution is 0.199. The number of ether oxygens (including phenoxy) is 1. The average Bonchev–Trinajstić information content (AvgIpc) is 2.69. The van der Waals surface area contributed by atoms with Crippen molar-refractivity contribution in [3.63, 3.8) is 0 Å². The highest BCUT2D eigenvalue weighted by Gasteiger charge is 2.19. The summed E-state index contributed by atoms with van der Waals surface area (Å²) in [6.07, 6.45) is 5.36. The fourth-order valence-corrected chi connectivity index (χ4v) is 2.97. The highest BCUT2D eigenvalue weighted by atomic mass is 16.5. The Kier molecular flexibility index (Phi) is 6.34. The van der Waals surface area contributed by atoms with E-state index in [4.69, 9.17) is 4.74 Å². The van der Waals surface area contributed by atoms with Gasteiger partial charge in [0.05, 0.1) is 6.61 Å². The zero-order valence-electron chi connectivity index (χ0n) is 12.9. The quantitative estimate of drug-likeness (QED) is 0.808. The molecular formula is C17H28N2O. The molecular weight excluding hydrogens is 248 g/mol. The topological polar surface area (TPSA) is 24.5 Å². The van der Waals surface area contributed by atoms with Crippen molar-refractivity contribution in [2.24, 2.45) is 0 Å². The van der Waals surface area contributed by atoms with Crippen LogP contribution >= 0.6 is 0 Å². The van der Waals surface area contributed by atoms with Gasteiger partial charge in [-0.2, -0.15) is 0 Å². The standard InChI is InChI=1S/C17H28N2O/c1-15-8-4-3-7-12-19(15)17-10-6-5-9-16(17)14-18-11-13-20-2/h5-6,9-10,15,18H,3-4,7-8,11-14H2,1-2H3. The van der Waals surface area contributed by atoms with Gasteiger partial charge in [0.2, 0.25) is 0 Å². The lowest BCUT2D eigenvalue weighted by atomic mass is 10.1. The molecule has 0 bridgehead atoms. The molecule has 0 aromatic heterocycles. The molecule has 0 aliphatic carbocycles. The minimum absolute atomic E-state index is 0.651. The Balaban J connectivity index is 2.05. The highest BCUT2D eigenvalue weighted by Crippen LogP contribution is 2.27. The molecule has 1 unspecified atom stereocenters. The zero-order chi connectivity index (χ0) is 14.2. The van der Waals surface area contributed by atoms with Gasteiger partial charge >= 0.3 is 0 Å². The number of anilines is 1. The first-order valence-corrected chi connectivity index (χ1v) is 7.87. The van der Waals surface area contributed by atoms with Crippen molar-refractivity contribution >= 4 is 5.69 Å². The van der Waals surface area contributed by atoms with E-state index in [0.717, 1.165) is 19.7 Å². The summed E-state index contributed by atoms with van der Waals surface area (Å²) >= 11 is 0. The second-order valence-electron chi connectivity index (χ2n) is 5.69. The van der Waals surface area contributed by atoms with Gasteiger partial charge in [0.1, 0.15) is 0 Å². The van der Waals surface area contributed by atoms with E-state index < -0.39 is 0 Å². The molecule has 2 rings (SSSR count). The lowest BCUT2D eigenvalue weighted by Gasteiger charge is -2.31. The predicted octanol–water partition coefficient (Wildman–Crippen LogP) is 3.19. The number of benzene rings is 1. The summed E-state index contributed by atoms with van der Waals surface area (Å²) in [7, 11) is 1.74. The third-order valence-electron chi connectivity index (χ3n) is 4.15. The molecule has 1 aromatic carbocycles. The van der Waals surface area contributed by atoms with Crippen LogP contribution in [0.15, 0.2) is 24.3 Å².